The molecule has 0 aliphatic carbocycles. The molecule has 0 bridgehead atoms. The zero-order valence-electron chi connectivity index (χ0n) is 9.81. The number of anilines is 1. The average molecular weight is 218 g/mol. The van der Waals surface area contributed by atoms with Crippen molar-refractivity contribution in [2.24, 2.45) is 5.92 Å². The van der Waals surface area contributed by atoms with Crippen molar-refractivity contribution in [3.8, 4) is 0 Å². The molecule has 1 saturated heterocycles. The van der Waals surface area contributed by atoms with Crippen LogP contribution < -0.4 is 5.32 Å². The largest absolute Gasteiger partial charge is 0.326 e. The molecule has 1 aliphatic heterocycles. The smallest absolute Gasteiger partial charge is 0.228 e. The highest BCUT2D eigenvalue weighted by Crippen LogP contribution is 2.22. The number of amides is 1. The molecule has 86 valence electrons. The van der Waals surface area contributed by atoms with Crippen LogP contribution in [0.5, 0.6) is 0 Å². The van der Waals surface area contributed by atoms with Crippen molar-refractivity contribution in [3.05, 3.63) is 30.3 Å². The normalized spacial score (nSPS) is 25.6. The number of carbonyl (C=O) groups is 1. The molecule has 1 aromatic rings. The van der Waals surface area contributed by atoms with Crippen LogP contribution in [0.15, 0.2) is 30.3 Å². The minimum Gasteiger partial charge on any atom is -0.326 e. The fourth-order valence-electron chi connectivity index (χ4n) is 2.15. The Labute approximate surface area is 96.5 Å². The quantitative estimate of drug-likeness (QED) is 0.823. The highest BCUT2D eigenvalue weighted by molar-refractivity contribution is 5.92. The maximum Gasteiger partial charge on any atom is 0.228 e. The van der Waals surface area contributed by atoms with E-state index in [0.29, 0.717) is 6.04 Å². The summed E-state index contributed by atoms with van der Waals surface area (Å²) in [5, 5.41) is 2.96. The minimum absolute atomic E-state index is 0.125. The third kappa shape index (κ3) is 2.42. The number of hydrogen-bond donors (Lipinski definition) is 1. The van der Waals surface area contributed by atoms with E-state index in [4.69, 9.17) is 0 Å². The molecule has 1 amide bonds. The highest BCUT2D eigenvalue weighted by atomic mass is 16.1. The van der Waals surface area contributed by atoms with Crippen LogP contribution in [0, 0.1) is 5.92 Å². The third-order valence-electron chi connectivity index (χ3n) is 3.30. The molecule has 0 aromatic heterocycles. The zero-order chi connectivity index (χ0) is 11.5. The topological polar surface area (TPSA) is 32.3 Å². The summed E-state index contributed by atoms with van der Waals surface area (Å²) in [4.78, 5) is 14.2. The number of nitrogens with zero attached hydrogens (tertiary/aromatic N) is 1. The van der Waals surface area contributed by atoms with Crippen molar-refractivity contribution in [1.29, 1.82) is 0 Å². The van der Waals surface area contributed by atoms with Crippen LogP contribution in [0.3, 0.4) is 0 Å². The molecule has 16 heavy (non-hydrogen) atoms. The number of hydrogen-bond acceptors (Lipinski definition) is 2. The van der Waals surface area contributed by atoms with Gasteiger partial charge in [-0.1, -0.05) is 18.2 Å². The predicted molar refractivity (Wildman–Crippen MR) is 65.3 cm³/mol. The molecule has 2 rings (SSSR count). The Morgan fingerprint density at radius 2 is 2.06 bits per heavy atom. The van der Waals surface area contributed by atoms with Crippen molar-refractivity contribution in [2.45, 2.75) is 19.4 Å². The van der Waals surface area contributed by atoms with Gasteiger partial charge in [0.15, 0.2) is 0 Å². The van der Waals surface area contributed by atoms with E-state index in [2.05, 4.69) is 24.2 Å². The molecule has 1 N–H and O–H groups in total. The number of likely N-dealkylation sites (tertiary alicyclic amines) is 1. The van der Waals surface area contributed by atoms with E-state index in [1.165, 1.54) is 0 Å². The second kappa shape index (κ2) is 4.66. The Morgan fingerprint density at radius 1 is 1.38 bits per heavy atom. The standard InChI is InChI=1S/C13H18N2O/c1-10-8-11(9-15(10)2)13(16)14-12-6-4-3-5-7-12/h3-7,10-11H,8-9H2,1-2H3,(H,14,16). The average Bonchev–Trinajstić information content (AvgIpc) is 2.61. The number of nitrogens with one attached hydrogen (secondary N) is 1. The van der Waals surface area contributed by atoms with E-state index in [9.17, 15) is 4.79 Å². The highest BCUT2D eigenvalue weighted by Gasteiger charge is 2.31. The molecule has 1 heterocycles. The summed E-state index contributed by atoms with van der Waals surface area (Å²) in [6.45, 7) is 3.02. The SMILES string of the molecule is CC1CC(C(=O)Nc2ccccc2)CN1C. The predicted octanol–water partition coefficient (Wildman–Crippen LogP) is 1.97. The van der Waals surface area contributed by atoms with Gasteiger partial charge in [-0.3, -0.25) is 4.79 Å². The molecule has 1 aliphatic rings. The second-order valence-corrected chi connectivity index (χ2v) is 4.58. The zero-order valence-corrected chi connectivity index (χ0v) is 9.81. The Balaban J connectivity index is 1.95. The Kier molecular flexibility index (Phi) is 3.25. The van der Waals surface area contributed by atoms with Gasteiger partial charge in [0.05, 0.1) is 5.92 Å². The van der Waals surface area contributed by atoms with Gasteiger partial charge in [0, 0.05) is 18.3 Å². The van der Waals surface area contributed by atoms with Crippen molar-refractivity contribution >= 4 is 11.6 Å². The lowest BCUT2D eigenvalue weighted by atomic mass is 10.1. The van der Waals surface area contributed by atoms with E-state index >= 15 is 0 Å². The first-order chi connectivity index (χ1) is 7.66. The van der Waals surface area contributed by atoms with Crippen LogP contribution in [0.2, 0.25) is 0 Å². The summed E-state index contributed by atoms with van der Waals surface area (Å²) in [5.74, 6) is 0.266. The van der Waals surface area contributed by atoms with Crippen molar-refractivity contribution in [3.63, 3.8) is 0 Å². The van der Waals surface area contributed by atoms with Crippen molar-refractivity contribution < 1.29 is 4.79 Å². The van der Waals surface area contributed by atoms with Gasteiger partial charge >= 0.3 is 0 Å². The molecule has 1 fully saturated rings. The second-order valence-electron chi connectivity index (χ2n) is 4.58. The summed E-state index contributed by atoms with van der Waals surface area (Å²) in [6.07, 6.45) is 0.954. The molecule has 0 radical (unpaired) electrons. The molecular weight excluding hydrogens is 200 g/mol. The minimum atomic E-state index is 0.125. The van der Waals surface area contributed by atoms with Gasteiger partial charge in [-0.15, -0.1) is 0 Å². The summed E-state index contributed by atoms with van der Waals surface area (Å²) >= 11 is 0. The third-order valence-corrected chi connectivity index (χ3v) is 3.30. The fraction of sp³-hybridized carbons (Fsp3) is 0.462. The van der Waals surface area contributed by atoms with E-state index in [1.54, 1.807) is 0 Å². The molecule has 2 atom stereocenters. The first kappa shape index (κ1) is 11.1. The van der Waals surface area contributed by atoms with Crippen molar-refractivity contribution in [2.75, 3.05) is 18.9 Å². The first-order valence-corrected chi connectivity index (χ1v) is 5.73. The van der Waals surface area contributed by atoms with Gasteiger partial charge in [0.2, 0.25) is 5.91 Å². The molecular formula is C13H18N2O. The Morgan fingerprint density at radius 3 is 2.62 bits per heavy atom. The maximum atomic E-state index is 12.0. The summed E-state index contributed by atoms with van der Waals surface area (Å²) in [6, 6.07) is 10.1. The molecule has 3 heteroatoms. The van der Waals surface area contributed by atoms with E-state index in [1.807, 2.05) is 30.3 Å². The van der Waals surface area contributed by atoms with Crippen LogP contribution in [0.25, 0.3) is 0 Å². The molecule has 1 aromatic carbocycles. The molecule has 3 nitrogen and oxygen atoms in total. The maximum absolute atomic E-state index is 12.0. The summed E-state index contributed by atoms with van der Waals surface area (Å²) in [5.41, 5.74) is 0.884. The number of carbonyl (C=O) groups excluding carboxylic acids is 1. The van der Waals surface area contributed by atoms with Crippen LogP contribution in [0.1, 0.15) is 13.3 Å². The summed E-state index contributed by atoms with van der Waals surface area (Å²) in [7, 11) is 2.07. The monoisotopic (exact) mass is 218 g/mol. The van der Waals surface area contributed by atoms with Gasteiger partial charge in [-0.25, -0.2) is 0 Å². The Bertz CT molecular complexity index is 353. The van der Waals surface area contributed by atoms with E-state index < -0.39 is 0 Å². The number of para-hydroxylation sites is 1. The number of benzene rings is 1. The van der Waals surface area contributed by atoms with Gasteiger partial charge in [-0.05, 0) is 32.5 Å². The lowest BCUT2D eigenvalue weighted by molar-refractivity contribution is -0.119. The van der Waals surface area contributed by atoms with E-state index in [-0.39, 0.29) is 11.8 Å². The molecule has 0 saturated carbocycles. The van der Waals surface area contributed by atoms with E-state index in [0.717, 1.165) is 18.7 Å². The Hall–Kier alpha value is -1.35. The lowest BCUT2D eigenvalue weighted by Gasteiger charge is -2.12. The first-order valence-electron chi connectivity index (χ1n) is 5.73. The van der Waals surface area contributed by atoms with Crippen molar-refractivity contribution in [1.82, 2.24) is 4.90 Å². The van der Waals surface area contributed by atoms with Gasteiger partial charge in [0.25, 0.3) is 0 Å². The van der Waals surface area contributed by atoms with Gasteiger partial charge in [-0.2, -0.15) is 0 Å². The molecule has 2 unspecified atom stereocenters. The van der Waals surface area contributed by atoms with Crippen LogP contribution >= 0.6 is 0 Å². The van der Waals surface area contributed by atoms with Crippen LogP contribution in [-0.4, -0.2) is 30.4 Å². The fourth-order valence-corrected chi connectivity index (χ4v) is 2.15. The lowest BCUT2D eigenvalue weighted by Crippen LogP contribution is -2.25. The summed E-state index contributed by atoms with van der Waals surface area (Å²) < 4.78 is 0. The van der Waals surface area contributed by atoms with Crippen LogP contribution in [0.4, 0.5) is 5.69 Å². The number of rotatable bonds is 2. The van der Waals surface area contributed by atoms with Gasteiger partial charge < -0.3 is 10.2 Å². The van der Waals surface area contributed by atoms with Crippen LogP contribution in [-0.2, 0) is 4.79 Å². The molecule has 0 spiro atoms. The van der Waals surface area contributed by atoms with Gasteiger partial charge in [0.1, 0.15) is 0 Å².